The highest BCUT2D eigenvalue weighted by atomic mass is 35.5. The molecule has 0 bridgehead atoms. The summed E-state index contributed by atoms with van der Waals surface area (Å²) in [5.74, 6) is 0. The SMILES string of the molecule is CCNCc1cccc(-c2ccc(Cl)c(Cl)c2)c1. The molecule has 1 nitrogen and oxygen atoms in total. The molecule has 0 saturated heterocycles. The number of rotatable bonds is 4. The zero-order valence-corrected chi connectivity index (χ0v) is 11.7. The molecule has 1 N–H and O–H groups in total. The van der Waals surface area contributed by atoms with Gasteiger partial charge in [-0.05, 0) is 41.4 Å². The maximum Gasteiger partial charge on any atom is 0.0598 e. The Labute approximate surface area is 118 Å². The van der Waals surface area contributed by atoms with Crippen molar-refractivity contribution in [3.63, 3.8) is 0 Å². The van der Waals surface area contributed by atoms with Crippen molar-refractivity contribution in [2.75, 3.05) is 6.54 Å². The molecule has 2 aromatic carbocycles. The van der Waals surface area contributed by atoms with Crippen LogP contribution in [0.4, 0.5) is 0 Å². The minimum absolute atomic E-state index is 0.587. The van der Waals surface area contributed by atoms with Gasteiger partial charge >= 0.3 is 0 Å². The summed E-state index contributed by atoms with van der Waals surface area (Å²) in [6.07, 6.45) is 0. The molecule has 0 heterocycles. The van der Waals surface area contributed by atoms with Gasteiger partial charge in [-0.25, -0.2) is 0 Å². The number of benzene rings is 2. The van der Waals surface area contributed by atoms with Crippen LogP contribution in [0.5, 0.6) is 0 Å². The van der Waals surface area contributed by atoms with Crippen molar-refractivity contribution in [2.45, 2.75) is 13.5 Å². The van der Waals surface area contributed by atoms with E-state index in [1.807, 2.05) is 18.2 Å². The summed E-state index contributed by atoms with van der Waals surface area (Å²) in [5, 5.41) is 4.49. The fraction of sp³-hybridized carbons (Fsp3) is 0.200. The van der Waals surface area contributed by atoms with E-state index in [-0.39, 0.29) is 0 Å². The molecule has 2 rings (SSSR count). The van der Waals surface area contributed by atoms with Crippen LogP contribution in [-0.2, 0) is 6.54 Å². The highest BCUT2D eigenvalue weighted by molar-refractivity contribution is 6.42. The molecule has 0 radical (unpaired) electrons. The van der Waals surface area contributed by atoms with Crippen LogP contribution in [0.25, 0.3) is 11.1 Å². The highest BCUT2D eigenvalue weighted by Crippen LogP contribution is 2.28. The lowest BCUT2D eigenvalue weighted by molar-refractivity contribution is 0.727. The molecule has 0 aromatic heterocycles. The van der Waals surface area contributed by atoms with Gasteiger partial charge in [0, 0.05) is 6.54 Å². The molecular weight excluding hydrogens is 265 g/mol. The predicted octanol–water partition coefficient (Wildman–Crippen LogP) is 4.77. The zero-order chi connectivity index (χ0) is 13.0. The van der Waals surface area contributed by atoms with E-state index in [0.717, 1.165) is 24.2 Å². The molecule has 94 valence electrons. The van der Waals surface area contributed by atoms with Crippen LogP contribution in [0.3, 0.4) is 0 Å². The molecular formula is C15H15Cl2N. The lowest BCUT2D eigenvalue weighted by Gasteiger charge is -2.07. The third kappa shape index (κ3) is 3.26. The molecule has 2 aromatic rings. The molecule has 0 fully saturated rings. The average Bonchev–Trinajstić information content (AvgIpc) is 2.40. The highest BCUT2D eigenvalue weighted by Gasteiger charge is 2.03. The largest absolute Gasteiger partial charge is 0.313 e. The van der Waals surface area contributed by atoms with Crippen molar-refractivity contribution >= 4 is 23.2 Å². The first-order valence-corrected chi connectivity index (χ1v) is 6.71. The van der Waals surface area contributed by atoms with Crippen LogP contribution in [0.15, 0.2) is 42.5 Å². The van der Waals surface area contributed by atoms with Crippen molar-refractivity contribution in [3.8, 4) is 11.1 Å². The van der Waals surface area contributed by atoms with Crippen molar-refractivity contribution in [1.82, 2.24) is 5.32 Å². The van der Waals surface area contributed by atoms with Gasteiger partial charge in [0.05, 0.1) is 10.0 Å². The van der Waals surface area contributed by atoms with Crippen LogP contribution in [0.1, 0.15) is 12.5 Å². The van der Waals surface area contributed by atoms with Crippen LogP contribution in [0.2, 0.25) is 10.0 Å². The Kier molecular flexibility index (Phi) is 4.65. The maximum absolute atomic E-state index is 6.04. The van der Waals surface area contributed by atoms with Gasteiger partial charge in [-0.3, -0.25) is 0 Å². The molecule has 0 amide bonds. The first kappa shape index (κ1) is 13.4. The van der Waals surface area contributed by atoms with Crippen LogP contribution >= 0.6 is 23.2 Å². The van der Waals surface area contributed by atoms with Crippen LogP contribution < -0.4 is 5.32 Å². The average molecular weight is 280 g/mol. The summed E-state index contributed by atoms with van der Waals surface area (Å²) in [6, 6.07) is 14.1. The van der Waals surface area contributed by atoms with E-state index in [1.165, 1.54) is 5.56 Å². The Balaban J connectivity index is 2.29. The summed E-state index contributed by atoms with van der Waals surface area (Å²) in [6.45, 7) is 3.95. The van der Waals surface area contributed by atoms with Gasteiger partial charge in [0.2, 0.25) is 0 Å². The molecule has 18 heavy (non-hydrogen) atoms. The number of halogens is 2. The minimum atomic E-state index is 0.587. The molecule has 0 aliphatic heterocycles. The van der Waals surface area contributed by atoms with Gasteiger partial charge in [-0.1, -0.05) is 54.4 Å². The van der Waals surface area contributed by atoms with E-state index in [0.29, 0.717) is 10.0 Å². The lowest BCUT2D eigenvalue weighted by Crippen LogP contribution is -2.11. The first-order chi connectivity index (χ1) is 8.70. The van der Waals surface area contributed by atoms with Crippen molar-refractivity contribution < 1.29 is 0 Å². The standard InChI is InChI=1S/C15H15Cl2N/c1-2-18-10-11-4-3-5-12(8-11)13-6-7-14(16)15(17)9-13/h3-9,18H,2,10H2,1H3. The van der Waals surface area contributed by atoms with Crippen LogP contribution in [-0.4, -0.2) is 6.54 Å². The maximum atomic E-state index is 6.04. The zero-order valence-electron chi connectivity index (χ0n) is 10.2. The van der Waals surface area contributed by atoms with Gasteiger partial charge in [-0.2, -0.15) is 0 Å². The third-order valence-electron chi connectivity index (χ3n) is 2.76. The molecule has 0 atom stereocenters. The Bertz CT molecular complexity index is 538. The van der Waals surface area contributed by atoms with Gasteiger partial charge in [-0.15, -0.1) is 0 Å². The second kappa shape index (κ2) is 6.24. The normalized spacial score (nSPS) is 10.6. The van der Waals surface area contributed by atoms with E-state index in [4.69, 9.17) is 23.2 Å². The molecule has 0 spiro atoms. The quantitative estimate of drug-likeness (QED) is 0.850. The smallest absolute Gasteiger partial charge is 0.0598 e. The van der Waals surface area contributed by atoms with E-state index in [1.54, 1.807) is 0 Å². The summed E-state index contributed by atoms with van der Waals surface area (Å²) >= 11 is 12.0. The van der Waals surface area contributed by atoms with E-state index in [2.05, 4.69) is 36.5 Å². The van der Waals surface area contributed by atoms with E-state index >= 15 is 0 Å². The predicted molar refractivity (Wildman–Crippen MR) is 79.3 cm³/mol. The second-order valence-electron chi connectivity index (χ2n) is 4.11. The Hall–Kier alpha value is -1.02. The van der Waals surface area contributed by atoms with Gasteiger partial charge in [0.15, 0.2) is 0 Å². The Morgan fingerprint density at radius 1 is 0.944 bits per heavy atom. The molecule has 3 heteroatoms. The minimum Gasteiger partial charge on any atom is -0.313 e. The number of hydrogen-bond acceptors (Lipinski definition) is 1. The van der Waals surface area contributed by atoms with Crippen molar-refractivity contribution in [2.24, 2.45) is 0 Å². The fourth-order valence-electron chi connectivity index (χ4n) is 1.81. The molecule has 0 aliphatic rings. The van der Waals surface area contributed by atoms with Gasteiger partial charge in [0.1, 0.15) is 0 Å². The summed E-state index contributed by atoms with van der Waals surface area (Å²) in [7, 11) is 0. The number of nitrogens with one attached hydrogen (secondary N) is 1. The summed E-state index contributed by atoms with van der Waals surface area (Å²) < 4.78 is 0. The lowest BCUT2D eigenvalue weighted by atomic mass is 10.0. The molecule has 0 saturated carbocycles. The molecule has 0 unspecified atom stereocenters. The van der Waals surface area contributed by atoms with Gasteiger partial charge < -0.3 is 5.32 Å². The second-order valence-corrected chi connectivity index (χ2v) is 4.92. The van der Waals surface area contributed by atoms with Crippen LogP contribution in [0, 0.1) is 0 Å². The fourth-order valence-corrected chi connectivity index (χ4v) is 2.10. The monoisotopic (exact) mass is 279 g/mol. The molecule has 0 aliphatic carbocycles. The summed E-state index contributed by atoms with van der Waals surface area (Å²) in [5.41, 5.74) is 3.51. The van der Waals surface area contributed by atoms with Crippen molar-refractivity contribution in [1.29, 1.82) is 0 Å². The Morgan fingerprint density at radius 3 is 2.44 bits per heavy atom. The first-order valence-electron chi connectivity index (χ1n) is 5.96. The number of hydrogen-bond donors (Lipinski definition) is 1. The van der Waals surface area contributed by atoms with Crippen molar-refractivity contribution in [3.05, 3.63) is 58.1 Å². The topological polar surface area (TPSA) is 12.0 Å². The third-order valence-corrected chi connectivity index (χ3v) is 3.50. The van der Waals surface area contributed by atoms with E-state index in [9.17, 15) is 0 Å². The van der Waals surface area contributed by atoms with Gasteiger partial charge in [0.25, 0.3) is 0 Å². The van der Waals surface area contributed by atoms with E-state index < -0.39 is 0 Å². The summed E-state index contributed by atoms with van der Waals surface area (Å²) in [4.78, 5) is 0. The Morgan fingerprint density at radius 2 is 1.72 bits per heavy atom.